The Bertz CT molecular complexity index is 691. The van der Waals surface area contributed by atoms with Gasteiger partial charge in [0, 0.05) is 48.1 Å². The number of rotatable bonds is 5. The average molecular weight is 344 g/mol. The Kier molecular flexibility index (Phi) is 4.57. The summed E-state index contributed by atoms with van der Waals surface area (Å²) in [6.45, 7) is 3.42. The van der Waals surface area contributed by atoms with Crippen LogP contribution in [0.5, 0.6) is 0 Å². The molecule has 1 unspecified atom stereocenters. The fourth-order valence-electron chi connectivity index (χ4n) is 3.57. The number of pyridine rings is 1. The number of benzene rings is 1. The number of likely N-dealkylation sites (tertiary alicyclic amines) is 1. The van der Waals surface area contributed by atoms with Crippen molar-refractivity contribution in [1.29, 1.82) is 0 Å². The Morgan fingerprint density at radius 3 is 2.79 bits per heavy atom. The second kappa shape index (κ2) is 6.82. The van der Waals surface area contributed by atoms with Gasteiger partial charge < -0.3 is 4.74 Å². The molecule has 2 aromatic rings. The van der Waals surface area contributed by atoms with E-state index in [1.54, 1.807) is 18.5 Å². The van der Waals surface area contributed by atoms with Crippen LogP contribution in [0, 0.1) is 5.82 Å². The van der Waals surface area contributed by atoms with Crippen molar-refractivity contribution in [3.05, 3.63) is 65.7 Å². The van der Waals surface area contributed by atoms with Crippen molar-refractivity contribution < 1.29 is 9.13 Å². The number of halogens is 1. The second-order valence-corrected chi connectivity index (χ2v) is 8.21. The summed E-state index contributed by atoms with van der Waals surface area (Å²) in [6, 6.07) is 11.1. The van der Waals surface area contributed by atoms with Gasteiger partial charge in [0.15, 0.2) is 0 Å². The second-order valence-electron chi connectivity index (χ2n) is 6.72. The molecule has 0 radical (unpaired) electrons. The molecule has 2 saturated heterocycles. The van der Waals surface area contributed by atoms with Crippen molar-refractivity contribution >= 4 is 11.8 Å². The van der Waals surface area contributed by atoms with Gasteiger partial charge in [0.25, 0.3) is 0 Å². The van der Waals surface area contributed by atoms with Crippen molar-refractivity contribution in [2.75, 3.05) is 18.8 Å². The number of ether oxygens (including phenoxy) is 1. The lowest BCUT2D eigenvalue weighted by atomic mass is 9.92. The minimum absolute atomic E-state index is 0.101. The summed E-state index contributed by atoms with van der Waals surface area (Å²) in [6.07, 6.45) is 5.02. The maximum Gasteiger partial charge on any atom is 0.127 e. The van der Waals surface area contributed by atoms with Crippen LogP contribution < -0.4 is 0 Å². The molecule has 0 N–H and O–H groups in total. The molecule has 2 aliphatic rings. The van der Waals surface area contributed by atoms with Crippen molar-refractivity contribution in [3.8, 4) is 0 Å². The van der Waals surface area contributed by atoms with Crippen molar-refractivity contribution in [3.63, 3.8) is 0 Å². The summed E-state index contributed by atoms with van der Waals surface area (Å²) in [5, 5.41) is 0. The van der Waals surface area contributed by atoms with Crippen molar-refractivity contribution in [1.82, 2.24) is 9.88 Å². The van der Waals surface area contributed by atoms with Gasteiger partial charge in [0.1, 0.15) is 5.82 Å². The Morgan fingerprint density at radius 2 is 2.00 bits per heavy atom. The van der Waals surface area contributed by atoms with Crippen molar-refractivity contribution in [2.24, 2.45) is 0 Å². The summed E-state index contributed by atoms with van der Waals surface area (Å²) >= 11 is 2.02. The molecular weight excluding hydrogens is 323 g/mol. The molecule has 4 rings (SSSR count). The molecule has 126 valence electrons. The van der Waals surface area contributed by atoms with E-state index in [0.29, 0.717) is 24.0 Å². The summed E-state index contributed by atoms with van der Waals surface area (Å²) in [5.41, 5.74) is 1.96. The molecule has 1 aromatic carbocycles. The minimum Gasteiger partial charge on any atom is -0.373 e. The van der Waals surface area contributed by atoms with Crippen LogP contribution in [0.1, 0.15) is 17.5 Å². The highest BCUT2D eigenvalue weighted by molar-refractivity contribution is 8.01. The number of hydrogen-bond acceptors (Lipinski definition) is 4. The zero-order valence-electron chi connectivity index (χ0n) is 13.5. The zero-order chi connectivity index (χ0) is 16.4. The van der Waals surface area contributed by atoms with Gasteiger partial charge in [-0.05, 0) is 30.2 Å². The molecule has 1 spiro atoms. The normalized spacial score (nSPS) is 22.6. The van der Waals surface area contributed by atoms with E-state index in [0.717, 1.165) is 30.8 Å². The van der Waals surface area contributed by atoms with Crippen LogP contribution >= 0.6 is 11.8 Å². The maximum absolute atomic E-state index is 13.7. The predicted octanol–water partition coefficient (Wildman–Crippen LogP) is 3.50. The SMILES string of the molecule is Fc1ccccc1CN1CC2(CC(OCc3ccncc3)CS2)C1. The number of thioether (sulfide) groups is 1. The van der Waals surface area contributed by atoms with Gasteiger partial charge in [-0.1, -0.05) is 18.2 Å². The van der Waals surface area contributed by atoms with Crippen LogP contribution in [-0.2, 0) is 17.9 Å². The van der Waals surface area contributed by atoms with Crippen LogP contribution in [0.15, 0.2) is 48.8 Å². The van der Waals surface area contributed by atoms with Gasteiger partial charge in [-0.25, -0.2) is 4.39 Å². The number of hydrogen-bond donors (Lipinski definition) is 0. The van der Waals surface area contributed by atoms with Gasteiger partial charge in [0.2, 0.25) is 0 Å². The van der Waals surface area contributed by atoms with E-state index < -0.39 is 0 Å². The molecule has 1 atom stereocenters. The molecule has 5 heteroatoms. The average Bonchev–Trinajstić information content (AvgIpc) is 3.00. The summed E-state index contributed by atoms with van der Waals surface area (Å²) in [5.74, 6) is 0.953. The van der Waals surface area contributed by atoms with E-state index in [-0.39, 0.29) is 5.82 Å². The molecule has 0 saturated carbocycles. The van der Waals surface area contributed by atoms with Crippen LogP contribution in [0.3, 0.4) is 0 Å². The standard InChI is InChI=1S/C19H21FN2OS/c20-18-4-2-1-3-16(18)10-22-13-19(14-22)9-17(12-24-19)23-11-15-5-7-21-8-6-15/h1-8,17H,9-14H2. The Hall–Kier alpha value is -1.43. The van der Waals surface area contributed by atoms with Crippen LogP contribution in [0.4, 0.5) is 4.39 Å². The van der Waals surface area contributed by atoms with Gasteiger partial charge in [0.05, 0.1) is 12.7 Å². The van der Waals surface area contributed by atoms with E-state index in [4.69, 9.17) is 4.74 Å². The maximum atomic E-state index is 13.7. The first-order valence-corrected chi connectivity index (χ1v) is 9.31. The molecule has 0 aliphatic carbocycles. The molecule has 0 bridgehead atoms. The first-order chi connectivity index (χ1) is 11.7. The molecule has 0 amide bonds. The van der Waals surface area contributed by atoms with Crippen LogP contribution in [0.2, 0.25) is 0 Å². The lowest BCUT2D eigenvalue weighted by Gasteiger charge is -2.47. The Morgan fingerprint density at radius 1 is 1.21 bits per heavy atom. The summed E-state index contributed by atoms with van der Waals surface area (Å²) < 4.78 is 20.1. The highest BCUT2D eigenvalue weighted by Gasteiger charge is 2.49. The monoisotopic (exact) mass is 344 g/mol. The molecule has 3 heterocycles. The highest BCUT2D eigenvalue weighted by Crippen LogP contribution is 2.46. The fraction of sp³-hybridized carbons (Fsp3) is 0.421. The van der Waals surface area contributed by atoms with Gasteiger partial charge in [-0.2, -0.15) is 0 Å². The fourth-order valence-corrected chi connectivity index (χ4v) is 5.18. The highest BCUT2D eigenvalue weighted by atomic mass is 32.2. The summed E-state index contributed by atoms with van der Waals surface area (Å²) in [4.78, 5) is 6.36. The molecule has 24 heavy (non-hydrogen) atoms. The zero-order valence-corrected chi connectivity index (χ0v) is 14.3. The molecule has 3 nitrogen and oxygen atoms in total. The van der Waals surface area contributed by atoms with Crippen LogP contribution in [-0.4, -0.2) is 39.6 Å². The van der Waals surface area contributed by atoms with E-state index in [1.165, 1.54) is 11.6 Å². The van der Waals surface area contributed by atoms with Crippen LogP contribution in [0.25, 0.3) is 0 Å². The predicted molar refractivity (Wildman–Crippen MR) is 94.3 cm³/mol. The smallest absolute Gasteiger partial charge is 0.127 e. The number of aromatic nitrogens is 1. The molecule has 2 aliphatic heterocycles. The topological polar surface area (TPSA) is 25.4 Å². The molecule has 2 fully saturated rings. The molecular formula is C19H21FN2OS. The minimum atomic E-state index is -0.101. The quantitative estimate of drug-likeness (QED) is 0.829. The van der Waals surface area contributed by atoms with E-state index in [2.05, 4.69) is 9.88 Å². The lowest BCUT2D eigenvalue weighted by molar-refractivity contribution is 0.0262. The lowest BCUT2D eigenvalue weighted by Crippen LogP contribution is -2.58. The third-order valence-corrected chi connectivity index (χ3v) is 6.36. The number of nitrogens with zero attached hydrogens (tertiary/aromatic N) is 2. The summed E-state index contributed by atoms with van der Waals surface area (Å²) in [7, 11) is 0. The van der Waals surface area contributed by atoms with E-state index >= 15 is 0 Å². The Labute approximate surface area is 146 Å². The van der Waals surface area contributed by atoms with Crippen molar-refractivity contribution in [2.45, 2.75) is 30.4 Å². The van der Waals surface area contributed by atoms with Gasteiger partial charge in [-0.15, -0.1) is 11.8 Å². The van der Waals surface area contributed by atoms with E-state index in [9.17, 15) is 4.39 Å². The van der Waals surface area contributed by atoms with Gasteiger partial charge >= 0.3 is 0 Å². The first kappa shape index (κ1) is 16.1. The largest absolute Gasteiger partial charge is 0.373 e. The van der Waals surface area contributed by atoms with Gasteiger partial charge in [-0.3, -0.25) is 9.88 Å². The first-order valence-electron chi connectivity index (χ1n) is 8.33. The van der Waals surface area contributed by atoms with E-state index in [1.807, 2.05) is 36.0 Å². The molecule has 1 aromatic heterocycles. The third-order valence-electron chi connectivity index (χ3n) is 4.79. The Balaban J connectivity index is 1.25. The third kappa shape index (κ3) is 3.48.